The third-order valence-electron chi connectivity index (χ3n) is 15.1. The van der Waals surface area contributed by atoms with Crippen molar-refractivity contribution in [1.29, 1.82) is 0 Å². The minimum atomic E-state index is -0.879. The van der Waals surface area contributed by atoms with E-state index >= 15 is 0 Å². The molecule has 2 N–H and O–H groups in total. The summed E-state index contributed by atoms with van der Waals surface area (Å²) < 4.78 is 11.4. The van der Waals surface area contributed by atoms with E-state index in [0.717, 1.165) is 19.3 Å². The summed E-state index contributed by atoms with van der Waals surface area (Å²) in [5.74, 6) is 1.52. The second kappa shape index (κ2) is 12.1. The van der Waals surface area contributed by atoms with Gasteiger partial charge in [-0.3, -0.25) is 14.4 Å². The van der Waals surface area contributed by atoms with E-state index in [1.54, 1.807) is 7.11 Å². The number of rotatable bonds is 10. The average Bonchev–Trinajstić information content (AvgIpc) is 3.33. The molecular weight excluding hydrogens is 566 g/mol. The summed E-state index contributed by atoms with van der Waals surface area (Å²) in [7, 11) is 1.68. The molecule has 5 aliphatic carbocycles. The highest BCUT2D eigenvalue weighted by molar-refractivity contribution is 5.77. The molecule has 5 rings (SSSR count). The van der Waals surface area contributed by atoms with Crippen LogP contribution in [0.25, 0.3) is 0 Å². The number of hydrogen-bond donors (Lipinski definition) is 2. The molecule has 256 valence electrons. The van der Waals surface area contributed by atoms with Gasteiger partial charge in [0.1, 0.15) is 6.10 Å². The van der Waals surface area contributed by atoms with Crippen LogP contribution in [0.4, 0.5) is 0 Å². The van der Waals surface area contributed by atoms with Crippen molar-refractivity contribution in [3.8, 4) is 0 Å². The number of hydrogen-bond acceptors (Lipinski definition) is 5. The minimum Gasteiger partial charge on any atom is -0.481 e. The van der Waals surface area contributed by atoms with Gasteiger partial charge in [0.15, 0.2) is 0 Å². The lowest BCUT2D eigenvalue weighted by Gasteiger charge is -2.72. The average molecular weight is 630 g/mol. The first-order chi connectivity index (χ1) is 20.9. The van der Waals surface area contributed by atoms with Crippen molar-refractivity contribution < 1.29 is 29.0 Å². The predicted octanol–water partition coefficient (Wildman–Crippen LogP) is 7.80. The van der Waals surface area contributed by atoms with Gasteiger partial charge in [-0.05, 0) is 115 Å². The van der Waals surface area contributed by atoms with Crippen LogP contribution in [-0.4, -0.2) is 49.3 Å². The molecule has 45 heavy (non-hydrogen) atoms. The lowest BCUT2D eigenvalue weighted by molar-refractivity contribution is -0.248. The molecule has 1 amide bonds. The zero-order valence-electron chi connectivity index (χ0n) is 29.7. The van der Waals surface area contributed by atoms with Crippen molar-refractivity contribution in [3.05, 3.63) is 0 Å². The Kier molecular flexibility index (Phi) is 9.34. The zero-order valence-corrected chi connectivity index (χ0v) is 29.7. The van der Waals surface area contributed by atoms with Crippen molar-refractivity contribution in [2.24, 2.45) is 56.2 Å². The maximum Gasteiger partial charge on any atom is 0.306 e. The highest BCUT2D eigenvalue weighted by Crippen LogP contribution is 2.77. The highest BCUT2D eigenvalue weighted by Gasteiger charge is 2.70. The molecule has 0 spiro atoms. The van der Waals surface area contributed by atoms with Crippen molar-refractivity contribution in [1.82, 2.24) is 5.32 Å². The third kappa shape index (κ3) is 5.88. The summed E-state index contributed by atoms with van der Waals surface area (Å²) in [6, 6.07) is 0. The normalized spacial score (nSPS) is 42.0. The van der Waals surface area contributed by atoms with Crippen molar-refractivity contribution >= 4 is 17.8 Å². The Balaban J connectivity index is 1.32. The lowest BCUT2D eigenvalue weighted by atomic mass is 9.32. The molecular formula is C38H63NO6. The smallest absolute Gasteiger partial charge is 0.306 e. The van der Waals surface area contributed by atoms with Crippen LogP contribution < -0.4 is 5.32 Å². The van der Waals surface area contributed by atoms with Crippen molar-refractivity contribution in [2.45, 2.75) is 144 Å². The lowest BCUT2D eigenvalue weighted by Crippen LogP contribution is -2.66. The number of methoxy groups -OCH3 is 1. The topological polar surface area (TPSA) is 102 Å². The Morgan fingerprint density at radius 3 is 2.24 bits per heavy atom. The fourth-order valence-corrected chi connectivity index (χ4v) is 12.9. The summed E-state index contributed by atoms with van der Waals surface area (Å²) in [4.78, 5) is 37.5. The fraction of sp³-hybridized carbons (Fsp3) is 0.921. The van der Waals surface area contributed by atoms with Gasteiger partial charge in [-0.2, -0.15) is 0 Å². The maximum absolute atomic E-state index is 13.1. The van der Waals surface area contributed by atoms with Gasteiger partial charge in [-0.15, -0.1) is 0 Å². The van der Waals surface area contributed by atoms with Crippen LogP contribution in [0.2, 0.25) is 0 Å². The number of ether oxygens (including phenoxy) is 2. The number of fused-ring (bicyclic) bond motifs is 7. The van der Waals surface area contributed by atoms with Crippen LogP contribution in [-0.2, 0) is 23.9 Å². The molecule has 0 radical (unpaired) electrons. The summed E-state index contributed by atoms with van der Waals surface area (Å²) in [5.41, 5.74) is 0.134. The summed E-state index contributed by atoms with van der Waals surface area (Å²) in [6.45, 7) is 17.4. The molecule has 0 aromatic rings. The zero-order chi connectivity index (χ0) is 33.1. The second-order valence-electron chi connectivity index (χ2n) is 18.3. The molecule has 5 saturated carbocycles. The molecule has 0 aromatic carbocycles. The molecule has 0 bridgehead atoms. The van der Waals surface area contributed by atoms with Gasteiger partial charge in [0.05, 0.1) is 19.4 Å². The van der Waals surface area contributed by atoms with Gasteiger partial charge < -0.3 is 19.9 Å². The summed E-state index contributed by atoms with van der Waals surface area (Å²) >= 11 is 0. The number of carboxylic acid groups (broad SMARTS) is 1. The molecule has 0 heterocycles. The van der Waals surface area contributed by atoms with E-state index < -0.39 is 11.4 Å². The van der Waals surface area contributed by atoms with E-state index in [4.69, 9.17) is 9.47 Å². The number of amides is 1. The number of aliphatic carboxylic acids is 1. The molecule has 0 saturated heterocycles. The predicted molar refractivity (Wildman–Crippen MR) is 175 cm³/mol. The largest absolute Gasteiger partial charge is 0.481 e. The Hall–Kier alpha value is -1.63. The van der Waals surface area contributed by atoms with Crippen LogP contribution >= 0.6 is 0 Å². The van der Waals surface area contributed by atoms with Crippen LogP contribution in [0.1, 0.15) is 138 Å². The first-order valence-electron chi connectivity index (χ1n) is 18.1. The summed E-state index contributed by atoms with van der Waals surface area (Å²) in [6.07, 6.45) is 13.6. The Labute approximate surface area is 272 Å². The van der Waals surface area contributed by atoms with Crippen LogP contribution in [0.3, 0.4) is 0 Å². The number of esters is 1. The molecule has 7 nitrogen and oxygen atoms in total. The number of carboxylic acids is 1. The van der Waals surface area contributed by atoms with Gasteiger partial charge in [-0.1, -0.05) is 54.9 Å². The van der Waals surface area contributed by atoms with Crippen molar-refractivity contribution in [3.63, 3.8) is 0 Å². The van der Waals surface area contributed by atoms with Crippen LogP contribution in [0.15, 0.2) is 0 Å². The first-order valence-corrected chi connectivity index (χ1v) is 18.1. The molecule has 2 unspecified atom stereocenters. The van der Waals surface area contributed by atoms with Gasteiger partial charge in [0.2, 0.25) is 5.91 Å². The van der Waals surface area contributed by atoms with E-state index in [0.29, 0.717) is 43.2 Å². The Morgan fingerprint density at radius 2 is 1.56 bits per heavy atom. The standard InChI is InChI=1S/C38H63NO6/c1-33(2,23-31(41)42)24-32(43)45-29-14-16-35(5)27(34(29,3)4)13-17-37(7)28(35)12-11-25-26-10-9-15-38(26,19-18-36(25,37)6)22-30(40)39-20-21-44-8/h25-29H,9-24H2,1-8H3,(H,39,40)(H,41,42)/t25-,26-,27?,28?,29+,35+,36-,37-,38-/m1/s1. The molecule has 0 aliphatic heterocycles. The van der Waals surface area contributed by atoms with Gasteiger partial charge in [0.25, 0.3) is 0 Å². The Bertz CT molecular complexity index is 1150. The third-order valence-corrected chi connectivity index (χ3v) is 15.1. The Morgan fingerprint density at radius 1 is 0.822 bits per heavy atom. The van der Waals surface area contributed by atoms with E-state index in [9.17, 15) is 19.5 Å². The monoisotopic (exact) mass is 629 g/mol. The molecule has 9 atom stereocenters. The number of carbonyl (C=O) groups excluding carboxylic acids is 2. The SMILES string of the molecule is COCCNC(=O)C[C@]12CCC[C@@H]1[C@H]1CCC3[C@@]4(C)CC[C@H](OC(=O)CC(C)(C)CC(=O)O)C(C)(C)C4CC[C@@]3(C)[C@]1(C)CC2. The maximum atomic E-state index is 13.1. The first kappa shape index (κ1) is 34.7. The van der Waals surface area contributed by atoms with E-state index in [1.165, 1.54) is 51.4 Å². The molecule has 5 aliphatic rings. The van der Waals surface area contributed by atoms with Gasteiger partial charge in [0, 0.05) is 25.5 Å². The van der Waals surface area contributed by atoms with Gasteiger partial charge in [-0.25, -0.2) is 0 Å². The minimum absolute atomic E-state index is 0.0412. The van der Waals surface area contributed by atoms with Crippen LogP contribution in [0, 0.1) is 56.2 Å². The molecule has 7 heteroatoms. The van der Waals surface area contributed by atoms with Gasteiger partial charge >= 0.3 is 11.9 Å². The quantitative estimate of drug-likeness (QED) is 0.189. The molecule has 0 aromatic heterocycles. The number of carbonyl (C=O) groups is 3. The van der Waals surface area contributed by atoms with E-state index in [2.05, 4.69) is 39.9 Å². The van der Waals surface area contributed by atoms with Crippen molar-refractivity contribution in [2.75, 3.05) is 20.3 Å². The summed E-state index contributed by atoms with van der Waals surface area (Å²) in [5, 5.41) is 12.4. The second-order valence-corrected chi connectivity index (χ2v) is 18.3. The fourth-order valence-electron chi connectivity index (χ4n) is 12.9. The highest BCUT2D eigenvalue weighted by atomic mass is 16.5. The molecule has 5 fully saturated rings. The van der Waals surface area contributed by atoms with E-state index in [-0.39, 0.29) is 57.9 Å². The number of nitrogens with one attached hydrogen (secondary N) is 1. The van der Waals surface area contributed by atoms with Crippen LogP contribution in [0.5, 0.6) is 0 Å². The van der Waals surface area contributed by atoms with E-state index in [1.807, 2.05) is 13.8 Å².